The highest BCUT2D eigenvalue weighted by molar-refractivity contribution is 7.89. The third kappa shape index (κ3) is 5.68. The third-order valence-corrected chi connectivity index (χ3v) is 6.08. The van der Waals surface area contributed by atoms with E-state index in [0.717, 1.165) is 4.31 Å². The van der Waals surface area contributed by atoms with Crippen LogP contribution in [0.25, 0.3) is 0 Å². The molecule has 0 fully saturated rings. The fourth-order valence-electron chi connectivity index (χ4n) is 2.14. The Kier molecular flexibility index (Phi) is 7.42. The Morgan fingerprint density at radius 1 is 1.11 bits per heavy atom. The lowest BCUT2D eigenvalue weighted by atomic mass is 10.3. The fourth-order valence-corrected chi connectivity index (χ4v) is 3.56. The van der Waals surface area contributed by atoms with Gasteiger partial charge in [-0.05, 0) is 43.3 Å². The van der Waals surface area contributed by atoms with E-state index in [1.165, 1.54) is 38.2 Å². The predicted octanol–water partition coefficient (Wildman–Crippen LogP) is 3.18. The summed E-state index contributed by atoms with van der Waals surface area (Å²) in [5.74, 6) is -1.47. The average Bonchev–Trinajstić information content (AvgIpc) is 2.63. The van der Waals surface area contributed by atoms with Crippen molar-refractivity contribution in [1.29, 1.82) is 0 Å². The van der Waals surface area contributed by atoms with Crippen LogP contribution < -0.4 is 5.32 Å². The van der Waals surface area contributed by atoms with E-state index in [9.17, 15) is 18.0 Å². The van der Waals surface area contributed by atoms with Crippen LogP contribution in [-0.2, 0) is 24.3 Å². The van der Waals surface area contributed by atoms with Crippen LogP contribution in [-0.4, -0.2) is 44.3 Å². The lowest BCUT2D eigenvalue weighted by Crippen LogP contribution is -2.37. The number of rotatable bonds is 7. The van der Waals surface area contributed by atoms with Crippen LogP contribution in [0.3, 0.4) is 0 Å². The largest absolute Gasteiger partial charge is 0.452 e. The molecular formula is C18H18Cl2N2O5S. The molecule has 1 amide bonds. The Labute approximate surface area is 173 Å². The second-order valence-corrected chi connectivity index (χ2v) is 8.70. The van der Waals surface area contributed by atoms with E-state index >= 15 is 0 Å². The van der Waals surface area contributed by atoms with Gasteiger partial charge in [-0.3, -0.25) is 9.59 Å². The topological polar surface area (TPSA) is 92.8 Å². The van der Waals surface area contributed by atoms with Gasteiger partial charge in [-0.25, -0.2) is 8.42 Å². The quantitative estimate of drug-likeness (QED) is 0.661. The van der Waals surface area contributed by atoms with Gasteiger partial charge in [-0.15, -0.1) is 0 Å². The zero-order valence-corrected chi connectivity index (χ0v) is 17.4. The Morgan fingerprint density at radius 3 is 2.32 bits per heavy atom. The molecule has 0 bridgehead atoms. The van der Waals surface area contributed by atoms with E-state index in [2.05, 4.69) is 5.32 Å². The first-order valence-corrected chi connectivity index (χ1v) is 10.3. The van der Waals surface area contributed by atoms with Gasteiger partial charge in [0.25, 0.3) is 5.91 Å². The number of carbonyl (C=O) groups is 2. The van der Waals surface area contributed by atoms with Crippen LogP contribution in [0.2, 0.25) is 10.0 Å². The summed E-state index contributed by atoms with van der Waals surface area (Å²) >= 11 is 11.7. The second-order valence-electron chi connectivity index (χ2n) is 5.82. The highest BCUT2D eigenvalue weighted by Gasteiger charge is 2.25. The van der Waals surface area contributed by atoms with Gasteiger partial charge in [-0.1, -0.05) is 35.3 Å². The summed E-state index contributed by atoms with van der Waals surface area (Å²) in [6.45, 7) is 0.812. The van der Waals surface area contributed by atoms with Gasteiger partial charge in [0.05, 0.1) is 15.6 Å². The molecular weight excluding hydrogens is 427 g/mol. The summed E-state index contributed by atoms with van der Waals surface area (Å²) in [5, 5.41) is 3.26. The maximum Gasteiger partial charge on any atom is 0.322 e. The smallest absolute Gasteiger partial charge is 0.322 e. The monoisotopic (exact) mass is 444 g/mol. The molecule has 28 heavy (non-hydrogen) atoms. The van der Waals surface area contributed by atoms with Gasteiger partial charge in [0, 0.05) is 12.1 Å². The van der Waals surface area contributed by atoms with Gasteiger partial charge in [0.2, 0.25) is 10.0 Å². The van der Waals surface area contributed by atoms with Crippen molar-refractivity contribution in [2.75, 3.05) is 18.9 Å². The maximum atomic E-state index is 12.5. The summed E-state index contributed by atoms with van der Waals surface area (Å²) in [4.78, 5) is 24.2. The lowest BCUT2D eigenvalue weighted by molar-refractivity contribution is -0.153. The number of nitrogens with zero attached hydrogens (tertiary/aromatic N) is 1. The molecule has 0 aliphatic carbocycles. The minimum atomic E-state index is -3.91. The molecule has 2 aromatic rings. The maximum absolute atomic E-state index is 12.5. The van der Waals surface area contributed by atoms with Crippen molar-refractivity contribution in [2.24, 2.45) is 0 Å². The van der Waals surface area contributed by atoms with Gasteiger partial charge >= 0.3 is 5.97 Å². The summed E-state index contributed by atoms with van der Waals surface area (Å²) in [5.41, 5.74) is 0.375. The van der Waals surface area contributed by atoms with Gasteiger partial charge < -0.3 is 10.1 Å². The number of benzene rings is 2. The molecule has 0 aromatic heterocycles. The molecule has 0 aliphatic heterocycles. The number of ether oxygens (including phenoxy) is 1. The van der Waals surface area contributed by atoms with Crippen molar-refractivity contribution in [2.45, 2.75) is 17.9 Å². The third-order valence-electron chi connectivity index (χ3n) is 3.68. The number of anilines is 1. The van der Waals surface area contributed by atoms with Gasteiger partial charge in [0.15, 0.2) is 6.10 Å². The second kappa shape index (κ2) is 9.38. The van der Waals surface area contributed by atoms with E-state index in [-0.39, 0.29) is 4.90 Å². The number of para-hydroxylation sites is 1. The summed E-state index contributed by atoms with van der Waals surface area (Å²) in [7, 11) is -2.67. The molecule has 1 N–H and O–H groups in total. The van der Waals surface area contributed by atoms with E-state index in [1.807, 2.05) is 0 Å². The van der Waals surface area contributed by atoms with Crippen molar-refractivity contribution < 1.29 is 22.7 Å². The van der Waals surface area contributed by atoms with Crippen molar-refractivity contribution in [3.63, 3.8) is 0 Å². The molecule has 0 saturated carbocycles. The molecule has 10 heteroatoms. The Balaban J connectivity index is 1.95. The molecule has 2 rings (SSSR count). The first-order valence-electron chi connectivity index (χ1n) is 8.08. The van der Waals surface area contributed by atoms with Gasteiger partial charge in [-0.2, -0.15) is 4.31 Å². The number of hydrogen-bond acceptors (Lipinski definition) is 5. The van der Waals surface area contributed by atoms with E-state index < -0.39 is 34.5 Å². The van der Waals surface area contributed by atoms with Crippen molar-refractivity contribution >= 4 is 50.8 Å². The Morgan fingerprint density at radius 2 is 1.71 bits per heavy atom. The number of amides is 1. The molecule has 7 nitrogen and oxygen atoms in total. The normalized spacial score (nSPS) is 12.5. The van der Waals surface area contributed by atoms with Crippen LogP contribution in [0.1, 0.15) is 6.92 Å². The number of hydrogen-bond donors (Lipinski definition) is 1. The van der Waals surface area contributed by atoms with Crippen molar-refractivity contribution in [3.05, 3.63) is 58.6 Å². The van der Waals surface area contributed by atoms with Gasteiger partial charge in [0.1, 0.15) is 6.54 Å². The van der Waals surface area contributed by atoms with E-state index in [0.29, 0.717) is 15.7 Å². The number of halogens is 2. The van der Waals surface area contributed by atoms with Crippen LogP contribution in [0, 0.1) is 0 Å². The first kappa shape index (κ1) is 22.2. The van der Waals surface area contributed by atoms with Crippen molar-refractivity contribution in [1.82, 2.24) is 4.31 Å². The molecule has 0 saturated heterocycles. The van der Waals surface area contributed by atoms with Crippen LogP contribution in [0.4, 0.5) is 5.69 Å². The van der Waals surface area contributed by atoms with E-state index in [1.54, 1.807) is 24.3 Å². The van der Waals surface area contributed by atoms with Crippen LogP contribution in [0.15, 0.2) is 53.4 Å². The number of sulfonamides is 1. The number of carbonyl (C=O) groups excluding carboxylic acids is 2. The molecule has 0 heterocycles. The Bertz CT molecular complexity index is 964. The highest BCUT2D eigenvalue weighted by atomic mass is 35.5. The fraction of sp³-hybridized carbons (Fsp3) is 0.222. The number of esters is 1. The number of likely N-dealkylation sites (N-methyl/N-ethyl adjacent to an activating group) is 1. The molecule has 0 spiro atoms. The summed E-state index contributed by atoms with van der Waals surface area (Å²) in [6, 6.07) is 12.1. The zero-order chi connectivity index (χ0) is 20.9. The predicted molar refractivity (Wildman–Crippen MR) is 107 cm³/mol. The standard InChI is InChI=1S/C18H18Cl2N2O5S/c1-12(18(24)21-16-6-4-3-5-15(16)20)27-17(23)11-22(2)28(25,26)14-9-7-13(19)8-10-14/h3-10,12H,11H2,1-2H3,(H,21,24). The first-order chi connectivity index (χ1) is 13.1. The SMILES string of the molecule is CC(OC(=O)CN(C)S(=O)(=O)c1ccc(Cl)cc1)C(=O)Nc1ccccc1Cl. The number of nitrogens with one attached hydrogen (secondary N) is 1. The molecule has 0 aliphatic rings. The van der Waals surface area contributed by atoms with Crippen LogP contribution >= 0.6 is 23.2 Å². The Hall–Kier alpha value is -2.13. The lowest BCUT2D eigenvalue weighted by Gasteiger charge is -2.18. The molecule has 0 radical (unpaired) electrons. The summed E-state index contributed by atoms with van der Waals surface area (Å²) < 4.78 is 30.8. The minimum Gasteiger partial charge on any atom is -0.452 e. The molecule has 2 aromatic carbocycles. The van der Waals surface area contributed by atoms with Crippen LogP contribution in [0.5, 0.6) is 0 Å². The molecule has 1 atom stereocenters. The average molecular weight is 445 g/mol. The minimum absolute atomic E-state index is 0.0169. The van der Waals surface area contributed by atoms with E-state index in [4.69, 9.17) is 27.9 Å². The molecule has 150 valence electrons. The highest BCUT2D eigenvalue weighted by Crippen LogP contribution is 2.21. The molecule has 1 unspecified atom stereocenters. The zero-order valence-electron chi connectivity index (χ0n) is 15.1. The summed E-state index contributed by atoms with van der Waals surface area (Å²) in [6.07, 6.45) is -1.14. The van der Waals surface area contributed by atoms with Crippen molar-refractivity contribution in [3.8, 4) is 0 Å².